The molecule has 2 aromatic carbocycles. The van der Waals surface area contributed by atoms with E-state index < -0.39 is 0 Å². The van der Waals surface area contributed by atoms with Crippen molar-refractivity contribution in [3.8, 4) is 5.75 Å². The summed E-state index contributed by atoms with van der Waals surface area (Å²) in [5.41, 5.74) is 2.84. The van der Waals surface area contributed by atoms with Crippen LogP contribution in [0.3, 0.4) is 0 Å². The van der Waals surface area contributed by atoms with Crippen LogP contribution < -0.4 is 0 Å². The van der Waals surface area contributed by atoms with Gasteiger partial charge in [0.05, 0.1) is 0 Å². The van der Waals surface area contributed by atoms with Crippen LogP contribution in [0.15, 0.2) is 54.6 Å². The molecule has 0 aliphatic carbocycles. The van der Waals surface area contributed by atoms with Gasteiger partial charge in [0.2, 0.25) is 0 Å². The number of phenols is 1. The number of rotatable bonds is 6. The second-order valence-electron chi connectivity index (χ2n) is 6.65. The average Bonchev–Trinajstić information content (AvgIpc) is 2.62. The molecule has 0 radical (unpaired) electrons. The van der Waals surface area contributed by atoms with Gasteiger partial charge in [0.1, 0.15) is 5.75 Å². The average molecular weight is 309 g/mol. The summed E-state index contributed by atoms with van der Waals surface area (Å²) in [6.07, 6.45) is 6.19. The molecule has 2 nitrogen and oxygen atoms in total. The summed E-state index contributed by atoms with van der Waals surface area (Å²) in [5.74, 6) is 1.11. The van der Waals surface area contributed by atoms with E-state index in [0.29, 0.717) is 5.75 Å². The number of piperidine rings is 1. The van der Waals surface area contributed by atoms with Crippen molar-refractivity contribution in [3.63, 3.8) is 0 Å². The maximum atomic E-state index is 9.30. The fourth-order valence-electron chi connectivity index (χ4n) is 3.54. The first kappa shape index (κ1) is 16.1. The van der Waals surface area contributed by atoms with E-state index in [1.54, 1.807) is 12.1 Å². The van der Waals surface area contributed by atoms with E-state index in [2.05, 4.69) is 35.2 Å². The highest BCUT2D eigenvalue weighted by Crippen LogP contribution is 2.27. The molecular weight excluding hydrogens is 282 g/mol. The minimum atomic E-state index is 0.357. The summed E-state index contributed by atoms with van der Waals surface area (Å²) < 4.78 is 0. The molecule has 1 N–H and O–H groups in total. The summed E-state index contributed by atoms with van der Waals surface area (Å²) in [5, 5.41) is 9.30. The molecule has 1 heterocycles. The van der Waals surface area contributed by atoms with Gasteiger partial charge in [0.25, 0.3) is 0 Å². The molecule has 3 rings (SSSR count). The molecule has 2 aromatic rings. The van der Waals surface area contributed by atoms with Gasteiger partial charge in [0, 0.05) is 0 Å². The third-order valence-corrected chi connectivity index (χ3v) is 4.98. The zero-order chi connectivity index (χ0) is 15.9. The first-order chi connectivity index (χ1) is 11.3. The molecule has 0 bridgehead atoms. The Morgan fingerprint density at radius 1 is 0.870 bits per heavy atom. The molecule has 1 aliphatic heterocycles. The fourth-order valence-corrected chi connectivity index (χ4v) is 3.54. The van der Waals surface area contributed by atoms with Gasteiger partial charge in [-0.15, -0.1) is 0 Å². The van der Waals surface area contributed by atoms with Crippen LogP contribution >= 0.6 is 0 Å². The number of likely N-dealkylation sites (tertiary alicyclic amines) is 1. The van der Waals surface area contributed by atoms with Crippen LogP contribution in [0.1, 0.15) is 42.7 Å². The minimum Gasteiger partial charge on any atom is -0.508 e. The Labute approximate surface area is 139 Å². The smallest absolute Gasteiger partial charge is 0.115 e. The predicted octanol–water partition coefficient (Wildman–Crippen LogP) is 4.59. The highest BCUT2D eigenvalue weighted by Gasteiger charge is 2.19. The van der Waals surface area contributed by atoms with Gasteiger partial charge >= 0.3 is 0 Å². The highest BCUT2D eigenvalue weighted by molar-refractivity contribution is 5.25. The lowest BCUT2D eigenvalue weighted by atomic mass is 9.89. The zero-order valence-corrected chi connectivity index (χ0v) is 13.8. The first-order valence-corrected chi connectivity index (χ1v) is 8.86. The maximum absolute atomic E-state index is 9.30. The fraction of sp³-hybridized carbons (Fsp3) is 0.429. The molecule has 0 saturated carbocycles. The lowest BCUT2D eigenvalue weighted by Crippen LogP contribution is -2.33. The van der Waals surface area contributed by atoms with E-state index in [9.17, 15) is 5.11 Å². The van der Waals surface area contributed by atoms with Crippen LogP contribution in [-0.4, -0.2) is 29.6 Å². The zero-order valence-electron chi connectivity index (χ0n) is 13.8. The molecule has 1 aliphatic rings. The molecule has 0 amide bonds. The maximum Gasteiger partial charge on any atom is 0.115 e. The van der Waals surface area contributed by atoms with E-state index in [1.165, 1.54) is 56.4 Å². The highest BCUT2D eigenvalue weighted by atomic mass is 16.3. The van der Waals surface area contributed by atoms with Crippen molar-refractivity contribution in [1.82, 2.24) is 4.90 Å². The molecule has 0 aromatic heterocycles. The Bertz CT molecular complexity index is 571. The van der Waals surface area contributed by atoms with Crippen molar-refractivity contribution in [2.24, 2.45) is 0 Å². The Morgan fingerprint density at radius 2 is 1.57 bits per heavy atom. The van der Waals surface area contributed by atoms with Gasteiger partial charge in [-0.1, -0.05) is 42.5 Å². The molecule has 1 saturated heterocycles. The van der Waals surface area contributed by atoms with E-state index in [0.717, 1.165) is 12.3 Å². The second kappa shape index (κ2) is 8.16. The van der Waals surface area contributed by atoms with Crippen LogP contribution in [-0.2, 0) is 6.42 Å². The second-order valence-corrected chi connectivity index (χ2v) is 6.65. The Morgan fingerprint density at radius 3 is 2.26 bits per heavy atom. The lowest BCUT2D eigenvalue weighted by molar-refractivity contribution is 0.209. The monoisotopic (exact) mass is 309 g/mol. The van der Waals surface area contributed by atoms with Crippen LogP contribution in [0.2, 0.25) is 0 Å². The minimum absolute atomic E-state index is 0.357. The van der Waals surface area contributed by atoms with Crippen molar-refractivity contribution >= 4 is 0 Å². The summed E-state index contributed by atoms with van der Waals surface area (Å²) in [4.78, 5) is 2.62. The van der Waals surface area contributed by atoms with Gasteiger partial charge in [-0.3, -0.25) is 0 Å². The summed E-state index contributed by atoms with van der Waals surface area (Å²) >= 11 is 0. The first-order valence-electron chi connectivity index (χ1n) is 8.86. The number of nitrogens with zero attached hydrogens (tertiary/aromatic N) is 1. The summed E-state index contributed by atoms with van der Waals surface area (Å²) in [6.45, 7) is 3.69. The third kappa shape index (κ3) is 4.84. The summed E-state index contributed by atoms with van der Waals surface area (Å²) in [6, 6.07) is 18.6. The third-order valence-electron chi connectivity index (χ3n) is 4.98. The summed E-state index contributed by atoms with van der Waals surface area (Å²) in [7, 11) is 0. The number of unbranched alkanes of at least 4 members (excludes halogenated alkanes) is 1. The Hall–Kier alpha value is -1.80. The molecule has 0 atom stereocenters. The van der Waals surface area contributed by atoms with E-state index in [4.69, 9.17) is 0 Å². The van der Waals surface area contributed by atoms with Crippen LogP contribution in [0.4, 0.5) is 0 Å². The number of hydrogen-bond acceptors (Lipinski definition) is 2. The molecule has 0 spiro atoms. The normalized spacial score (nSPS) is 16.5. The van der Waals surface area contributed by atoms with Gasteiger partial charge in [0.15, 0.2) is 0 Å². The largest absolute Gasteiger partial charge is 0.508 e. The van der Waals surface area contributed by atoms with E-state index in [1.807, 2.05) is 12.1 Å². The van der Waals surface area contributed by atoms with Gasteiger partial charge in [-0.25, -0.2) is 0 Å². The Balaban J connectivity index is 1.34. The van der Waals surface area contributed by atoms with Gasteiger partial charge in [-0.2, -0.15) is 0 Å². The number of benzene rings is 2. The predicted molar refractivity (Wildman–Crippen MR) is 95.9 cm³/mol. The van der Waals surface area contributed by atoms with Crippen molar-refractivity contribution in [1.29, 1.82) is 0 Å². The number of hydrogen-bond donors (Lipinski definition) is 1. The van der Waals surface area contributed by atoms with Crippen LogP contribution in [0, 0.1) is 0 Å². The van der Waals surface area contributed by atoms with Crippen molar-refractivity contribution in [2.45, 2.75) is 38.0 Å². The van der Waals surface area contributed by atoms with Crippen molar-refractivity contribution < 1.29 is 5.11 Å². The van der Waals surface area contributed by atoms with Crippen LogP contribution in [0.25, 0.3) is 0 Å². The molecule has 1 fully saturated rings. The van der Waals surface area contributed by atoms with Crippen molar-refractivity contribution in [2.75, 3.05) is 19.6 Å². The topological polar surface area (TPSA) is 23.5 Å². The number of aryl methyl sites for hydroxylation is 1. The number of aromatic hydroxyl groups is 1. The van der Waals surface area contributed by atoms with Crippen molar-refractivity contribution in [3.05, 3.63) is 65.7 Å². The van der Waals surface area contributed by atoms with Gasteiger partial charge in [-0.05, 0) is 80.9 Å². The standard InChI is InChI=1S/C21H27NO/c23-21-11-9-18(10-12-21)6-4-5-15-22-16-13-20(14-17-22)19-7-2-1-3-8-19/h1-3,7-12,20,23H,4-6,13-17H2. The molecule has 23 heavy (non-hydrogen) atoms. The Kier molecular flexibility index (Phi) is 5.71. The SMILES string of the molecule is Oc1ccc(CCCCN2CCC(c3ccccc3)CC2)cc1. The lowest BCUT2D eigenvalue weighted by Gasteiger charge is -2.32. The molecule has 122 valence electrons. The number of phenolic OH excluding ortho intramolecular Hbond substituents is 1. The molecular formula is C21H27NO. The molecule has 0 unspecified atom stereocenters. The van der Waals surface area contributed by atoms with E-state index in [-0.39, 0.29) is 0 Å². The quantitative estimate of drug-likeness (QED) is 0.789. The van der Waals surface area contributed by atoms with Crippen LogP contribution in [0.5, 0.6) is 5.75 Å². The van der Waals surface area contributed by atoms with E-state index >= 15 is 0 Å². The molecule has 2 heteroatoms. The van der Waals surface area contributed by atoms with Gasteiger partial charge < -0.3 is 10.0 Å².